The summed E-state index contributed by atoms with van der Waals surface area (Å²) in [6.45, 7) is 0.650. The first-order valence-electron chi connectivity index (χ1n) is 7.25. The number of benzene rings is 1. The predicted octanol–water partition coefficient (Wildman–Crippen LogP) is 2.82. The molecular weight excluding hydrogens is 330 g/mol. The van der Waals surface area contributed by atoms with Gasteiger partial charge in [-0.3, -0.25) is 4.98 Å². The predicted molar refractivity (Wildman–Crippen MR) is 93.6 cm³/mol. The highest BCUT2D eigenvalue weighted by atomic mass is 32.2. The van der Waals surface area contributed by atoms with Crippen LogP contribution in [0, 0.1) is 0 Å². The summed E-state index contributed by atoms with van der Waals surface area (Å²) in [4.78, 5) is 5.96. The van der Waals surface area contributed by atoms with Crippen LogP contribution in [-0.2, 0) is 22.8 Å². The number of pyridine rings is 1. The normalized spacial score (nSPS) is 15.7. The highest BCUT2D eigenvalue weighted by molar-refractivity contribution is 7.91. The molecule has 1 aromatic carbocycles. The maximum absolute atomic E-state index is 12.2. The van der Waals surface area contributed by atoms with Crippen LogP contribution in [0.4, 0.5) is 11.4 Å². The number of aromatic nitrogens is 1. The molecule has 0 atom stereocenters. The first-order valence-corrected chi connectivity index (χ1v) is 9.78. The number of nitrogens with two attached hydrogens (primary N) is 1. The van der Waals surface area contributed by atoms with E-state index in [1.165, 1.54) is 4.88 Å². The van der Waals surface area contributed by atoms with Gasteiger partial charge >= 0.3 is 0 Å². The van der Waals surface area contributed by atoms with E-state index >= 15 is 0 Å². The molecule has 3 heterocycles. The molecule has 2 aromatic heterocycles. The summed E-state index contributed by atoms with van der Waals surface area (Å²) < 4.78 is 24.3. The fourth-order valence-corrected chi connectivity index (χ4v) is 5.21. The number of hydrogen-bond acceptors (Lipinski definition) is 6. The number of anilines is 2. The molecule has 0 fully saturated rings. The van der Waals surface area contributed by atoms with Gasteiger partial charge in [-0.1, -0.05) is 6.07 Å². The van der Waals surface area contributed by atoms with Gasteiger partial charge in [-0.25, -0.2) is 8.42 Å². The Labute approximate surface area is 138 Å². The van der Waals surface area contributed by atoms with Crippen LogP contribution in [0.3, 0.4) is 0 Å². The van der Waals surface area contributed by atoms with Crippen molar-refractivity contribution in [1.82, 2.24) is 4.98 Å². The van der Waals surface area contributed by atoms with Gasteiger partial charge in [-0.05, 0) is 35.6 Å². The van der Waals surface area contributed by atoms with Crippen LogP contribution in [0.15, 0.2) is 40.7 Å². The molecule has 0 saturated carbocycles. The van der Waals surface area contributed by atoms with Crippen LogP contribution < -0.4 is 11.1 Å². The summed E-state index contributed by atoms with van der Waals surface area (Å²) in [7, 11) is -3.18. The highest BCUT2D eigenvalue weighted by Crippen LogP contribution is 2.38. The summed E-state index contributed by atoms with van der Waals surface area (Å²) in [6, 6.07) is 7.46. The maximum Gasteiger partial charge on any atom is 0.179 e. The van der Waals surface area contributed by atoms with Gasteiger partial charge in [0.2, 0.25) is 0 Å². The fraction of sp³-hybridized carbons (Fsp3) is 0.188. The lowest BCUT2D eigenvalue weighted by molar-refractivity contribution is 0.600. The van der Waals surface area contributed by atoms with Crippen LogP contribution in [0.1, 0.15) is 10.4 Å². The van der Waals surface area contributed by atoms with E-state index in [0.29, 0.717) is 23.5 Å². The van der Waals surface area contributed by atoms with E-state index < -0.39 is 9.84 Å². The molecular formula is C16H15N3O2S2. The minimum absolute atomic E-state index is 0.153. The molecule has 1 aliphatic heterocycles. The molecule has 3 N–H and O–H groups in total. The van der Waals surface area contributed by atoms with Crippen LogP contribution in [-0.4, -0.2) is 19.2 Å². The topological polar surface area (TPSA) is 85.1 Å². The number of hydrogen-bond donors (Lipinski definition) is 2. The van der Waals surface area contributed by atoms with Gasteiger partial charge in [-0.2, -0.15) is 0 Å². The van der Waals surface area contributed by atoms with Crippen molar-refractivity contribution >= 4 is 43.5 Å². The summed E-state index contributed by atoms with van der Waals surface area (Å²) in [5, 5.41) is 6.22. The third-order valence-corrected chi connectivity index (χ3v) is 6.78. The molecule has 5 nitrogen and oxygen atoms in total. The molecule has 118 valence electrons. The Hall–Kier alpha value is -2.12. The zero-order valence-electron chi connectivity index (χ0n) is 12.2. The summed E-state index contributed by atoms with van der Waals surface area (Å²) in [6.07, 6.45) is 2.13. The number of nitrogen functional groups attached to an aromatic ring is 1. The van der Waals surface area contributed by atoms with Crippen molar-refractivity contribution in [2.45, 2.75) is 17.9 Å². The first-order chi connectivity index (χ1) is 11.1. The third-order valence-electron chi connectivity index (χ3n) is 4.10. The van der Waals surface area contributed by atoms with Crippen molar-refractivity contribution in [3.63, 3.8) is 0 Å². The molecule has 1 aliphatic rings. The average molecular weight is 345 g/mol. The molecule has 23 heavy (non-hydrogen) atoms. The van der Waals surface area contributed by atoms with Crippen molar-refractivity contribution in [2.24, 2.45) is 0 Å². The van der Waals surface area contributed by atoms with E-state index in [-0.39, 0.29) is 5.75 Å². The number of fused-ring (bicyclic) bond motifs is 3. The Kier molecular flexibility index (Phi) is 3.28. The molecule has 0 saturated heterocycles. The molecule has 7 heteroatoms. The summed E-state index contributed by atoms with van der Waals surface area (Å²) in [5.41, 5.74) is 9.02. The van der Waals surface area contributed by atoms with Crippen LogP contribution in [0.5, 0.6) is 0 Å². The van der Waals surface area contributed by atoms with Crippen molar-refractivity contribution in [3.8, 4) is 0 Å². The average Bonchev–Trinajstić information content (AvgIpc) is 3.14. The standard InChI is InChI=1S/C16H15N3O2S2/c17-12-9-18-13-3-4-14-11(5-7-23(14,20)21)15(13)16(12)19-8-10-2-1-6-22-10/h1-4,6,9H,5,7-8,17H2,(H,18,19). The molecule has 0 unspecified atom stereocenters. The second-order valence-corrected chi connectivity index (χ2v) is 8.64. The van der Waals surface area contributed by atoms with E-state index in [9.17, 15) is 8.42 Å². The van der Waals surface area contributed by atoms with Gasteiger partial charge in [0.15, 0.2) is 9.84 Å². The van der Waals surface area contributed by atoms with Gasteiger partial charge in [0.25, 0.3) is 0 Å². The van der Waals surface area contributed by atoms with Crippen molar-refractivity contribution in [2.75, 3.05) is 16.8 Å². The number of nitrogens with zero attached hydrogens (tertiary/aromatic N) is 1. The Morgan fingerprint density at radius 1 is 1.30 bits per heavy atom. The van der Waals surface area contributed by atoms with Crippen molar-refractivity contribution < 1.29 is 8.42 Å². The Morgan fingerprint density at radius 2 is 2.17 bits per heavy atom. The van der Waals surface area contributed by atoms with Gasteiger partial charge in [0, 0.05) is 16.8 Å². The number of thiophene rings is 1. The third kappa shape index (κ3) is 2.36. The Morgan fingerprint density at radius 3 is 2.96 bits per heavy atom. The van der Waals surface area contributed by atoms with E-state index in [4.69, 9.17) is 5.73 Å². The molecule has 3 aromatic rings. The van der Waals surface area contributed by atoms with Gasteiger partial charge in [0.1, 0.15) is 0 Å². The van der Waals surface area contributed by atoms with Crippen molar-refractivity contribution in [1.29, 1.82) is 0 Å². The van der Waals surface area contributed by atoms with Gasteiger partial charge < -0.3 is 11.1 Å². The maximum atomic E-state index is 12.2. The van der Waals surface area contributed by atoms with Gasteiger partial charge in [-0.15, -0.1) is 11.3 Å². The zero-order chi connectivity index (χ0) is 16.0. The number of nitrogens with one attached hydrogen (secondary N) is 1. The molecule has 0 spiro atoms. The summed E-state index contributed by atoms with van der Waals surface area (Å²) >= 11 is 1.66. The lowest BCUT2D eigenvalue weighted by Crippen LogP contribution is -2.04. The van der Waals surface area contributed by atoms with E-state index in [1.54, 1.807) is 29.7 Å². The minimum Gasteiger partial charge on any atom is -0.396 e. The summed E-state index contributed by atoms with van der Waals surface area (Å²) in [5.74, 6) is 0.153. The van der Waals surface area contributed by atoms with Crippen LogP contribution in [0.25, 0.3) is 10.9 Å². The number of sulfone groups is 1. The lowest BCUT2D eigenvalue weighted by Gasteiger charge is -2.14. The minimum atomic E-state index is -3.18. The van der Waals surface area contributed by atoms with Gasteiger partial charge in [0.05, 0.1) is 33.7 Å². The SMILES string of the molecule is Nc1cnc2ccc3c(c2c1NCc1cccs1)CCS3(=O)=O. The fourth-order valence-electron chi connectivity index (χ4n) is 3.02. The molecule has 0 radical (unpaired) electrons. The Bertz CT molecular complexity index is 996. The first kappa shape index (κ1) is 14.5. The second-order valence-electron chi connectivity index (χ2n) is 5.53. The van der Waals surface area contributed by atoms with E-state index in [2.05, 4.69) is 10.3 Å². The molecule has 0 amide bonds. The largest absolute Gasteiger partial charge is 0.396 e. The second kappa shape index (κ2) is 5.21. The molecule has 0 aliphatic carbocycles. The zero-order valence-corrected chi connectivity index (χ0v) is 13.9. The van der Waals surface area contributed by atoms with Crippen LogP contribution in [0.2, 0.25) is 0 Å². The highest BCUT2D eigenvalue weighted by Gasteiger charge is 2.29. The van der Waals surface area contributed by atoms with E-state index in [0.717, 1.165) is 22.2 Å². The van der Waals surface area contributed by atoms with Crippen LogP contribution >= 0.6 is 11.3 Å². The molecule has 4 rings (SSSR count). The lowest BCUT2D eigenvalue weighted by atomic mass is 10.0. The smallest absolute Gasteiger partial charge is 0.179 e. The Balaban J connectivity index is 1.89. The monoisotopic (exact) mass is 345 g/mol. The number of aryl methyl sites for hydroxylation is 1. The van der Waals surface area contributed by atoms with Crippen molar-refractivity contribution in [3.05, 3.63) is 46.3 Å². The molecule has 0 bridgehead atoms. The number of rotatable bonds is 3. The van der Waals surface area contributed by atoms with E-state index in [1.807, 2.05) is 17.5 Å². The quantitative estimate of drug-likeness (QED) is 0.762.